The second-order valence-corrected chi connectivity index (χ2v) is 9.23. The molecule has 0 aromatic rings. The van der Waals surface area contributed by atoms with Crippen molar-refractivity contribution in [1.29, 1.82) is 0 Å². The van der Waals surface area contributed by atoms with Crippen molar-refractivity contribution in [2.24, 2.45) is 0 Å². The van der Waals surface area contributed by atoms with Gasteiger partial charge < -0.3 is 25.2 Å². The maximum atomic E-state index is 11.8. The Labute approximate surface area is 190 Å². The smallest absolute Gasteiger partial charge is 0.407 e. The number of aliphatic hydroxyl groups excluding tert-OH is 1. The van der Waals surface area contributed by atoms with Crippen molar-refractivity contribution in [1.82, 2.24) is 10.6 Å². The second-order valence-electron chi connectivity index (χ2n) is 9.23. The van der Waals surface area contributed by atoms with E-state index >= 15 is 0 Å². The Hall–Kier alpha value is -1.34. The van der Waals surface area contributed by atoms with Crippen molar-refractivity contribution in [2.75, 3.05) is 26.2 Å². The van der Waals surface area contributed by atoms with E-state index in [1.807, 2.05) is 20.8 Å². The van der Waals surface area contributed by atoms with Crippen molar-refractivity contribution in [2.45, 2.75) is 116 Å². The first-order valence-corrected chi connectivity index (χ1v) is 12.3. The van der Waals surface area contributed by atoms with Crippen LogP contribution in [0, 0.1) is 0 Å². The summed E-state index contributed by atoms with van der Waals surface area (Å²) in [7, 11) is 0. The zero-order chi connectivity index (χ0) is 23.4. The summed E-state index contributed by atoms with van der Waals surface area (Å²) in [4.78, 5) is 23.2. The molecule has 0 heterocycles. The number of unbranched alkanes of at least 4 members (excludes halogenated alkanes) is 8. The zero-order valence-corrected chi connectivity index (χ0v) is 20.5. The van der Waals surface area contributed by atoms with Crippen LogP contribution in [0.1, 0.15) is 105 Å². The van der Waals surface area contributed by atoms with Gasteiger partial charge in [0.2, 0.25) is 0 Å². The van der Waals surface area contributed by atoms with Gasteiger partial charge in [-0.15, -0.1) is 0 Å². The average molecular weight is 445 g/mol. The summed E-state index contributed by atoms with van der Waals surface area (Å²) in [6.45, 7) is 9.56. The Kier molecular flexibility index (Phi) is 18.5. The van der Waals surface area contributed by atoms with Gasteiger partial charge in [-0.1, -0.05) is 58.3 Å². The van der Waals surface area contributed by atoms with Crippen LogP contribution in [0.4, 0.5) is 4.79 Å². The first-order chi connectivity index (χ1) is 14.7. The van der Waals surface area contributed by atoms with Crippen LogP contribution in [0.15, 0.2) is 0 Å². The highest BCUT2D eigenvalue weighted by molar-refractivity contribution is 5.69. The minimum atomic E-state index is -0.522. The molecule has 0 aliphatic carbocycles. The van der Waals surface area contributed by atoms with Gasteiger partial charge in [-0.3, -0.25) is 4.79 Å². The molecule has 0 saturated carbocycles. The van der Waals surface area contributed by atoms with Crippen LogP contribution < -0.4 is 10.6 Å². The topological polar surface area (TPSA) is 96.9 Å². The number of ether oxygens (including phenoxy) is 2. The standard InChI is InChI=1S/C24H48N2O5/c1-5-6-7-8-9-10-11-12-13-19-30-22(28)16-14-15-21(27)20-25-17-18-26-23(29)31-24(2,3)4/h21,25,27H,5-20H2,1-4H3,(H,26,29). The summed E-state index contributed by atoms with van der Waals surface area (Å²) < 4.78 is 10.4. The summed E-state index contributed by atoms with van der Waals surface area (Å²) in [6.07, 6.45) is 11.7. The lowest BCUT2D eigenvalue weighted by atomic mass is 10.1. The summed E-state index contributed by atoms with van der Waals surface area (Å²) in [5, 5.41) is 15.7. The average Bonchev–Trinajstić information content (AvgIpc) is 2.67. The van der Waals surface area contributed by atoms with Crippen molar-refractivity contribution in [3.8, 4) is 0 Å². The molecular formula is C24H48N2O5. The molecule has 1 amide bonds. The Bertz CT molecular complexity index is 452. The molecule has 0 saturated heterocycles. The lowest BCUT2D eigenvalue weighted by molar-refractivity contribution is -0.144. The Morgan fingerprint density at radius 3 is 2.13 bits per heavy atom. The molecule has 7 heteroatoms. The fourth-order valence-electron chi connectivity index (χ4n) is 3.09. The van der Waals surface area contributed by atoms with Crippen molar-refractivity contribution < 1.29 is 24.2 Å². The van der Waals surface area contributed by atoms with Crippen LogP contribution in [-0.4, -0.2) is 55.1 Å². The number of carbonyl (C=O) groups is 2. The molecule has 7 nitrogen and oxygen atoms in total. The third-order valence-corrected chi connectivity index (χ3v) is 4.78. The number of hydrogen-bond acceptors (Lipinski definition) is 6. The Morgan fingerprint density at radius 2 is 1.52 bits per heavy atom. The molecule has 0 fully saturated rings. The Morgan fingerprint density at radius 1 is 0.903 bits per heavy atom. The number of amides is 1. The van der Waals surface area contributed by atoms with E-state index in [9.17, 15) is 14.7 Å². The molecule has 0 aliphatic heterocycles. The van der Waals surface area contributed by atoms with Crippen molar-refractivity contribution in [3.05, 3.63) is 0 Å². The number of rotatable bonds is 19. The molecule has 0 radical (unpaired) electrons. The number of alkyl carbamates (subject to hydrolysis) is 1. The lowest BCUT2D eigenvalue weighted by Gasteiger charge is -2.19. The van der Waals surface area contributed by atoms with E-state index in [-0.39, 0.29) is 5.97 Å². The molecule has 0 aliphatic rings. The molecule has 0 bridgehead atoms. The Balaban J connectivity index is 3.44. The first kappa shape index (κ1) is 29.7. The molecule has 31 heavy (non-hydrogen) atoms. The second kappa shape index (κ2) is 19.4. The summed E-state index contributed by atoms with van der Waals surface area (Å²) in [6, 6.07) is 0. The minimum Gasteiger partial charge on any atom is -0.466 e. The predicted molar refractivity (Wildman–Crippen MR) is 125 cm³/mol. The number of hydrogen-bond donors (Lipinski definition) is 3. The predicted octanol–water partition coefficient (Wildman–Crippen LogP) is 4.71. The van der Waals surface area contributed by atoms with E-state index in [1.54, 1.807) is 0 Å². The highest BCUT2D eigenvalue weighted by Crippen LogP contribution is 2.10. The molecule has 3 N–H and O–H groups in total. The minimum absolute atomic E-state index is 0.179. The monoisotopic (exact) mass is 444 g/mol. The number of esters is 1. The summed E-state index contributed by atoms with van der Waals surface area (Å²) in [5.41, 5.74) is -0.512. The fraction of sp³-hybridized carbons (Fsp3) is 0.917. The normalized spacial score (nSPS) is 12.4. The van der Waals surface area contributed by atoms with Gasteiger partial charge in [-0.25, -0.2) is 4.79 Å². The van der Waals surface area contributed by atoms with Crippen LogP contribution in [0.25, 0.3) is 0 Å². The van der Waals surface area contributed by atoms with Crippen LogP contribution in [0.2, 0.25) is 0 Å². The van der Waals surface area contributed by atoms with Gasteiger partial charge in [-0.2, -0.15) is 0 Å². The molecule has 0 aromatic heterocycles. The van der Waals surface area contributed by atoms with E-state index < -0.39 is 17.8 Å². The van der Waals surface area contributed by atoms with Crippen molar-refractivity contribution >= 4 is 12.1 Å². The number of aliphatic hydroxyl groups is 1. The molecule has 1 unspecified atom stereocenters. The van der Waals surface area contributed by atoms with E-state index in [4.69, 9.17) is 9.47 Å². The van der Waals surface area contributed by atoms with Crippen LogP contribution in [0.3, 0.4) is 0 Å². The number of carbonyl (C=O) groups excluding carboxylic acids is 2. The van der Waals surface area contributed by atoms with Crippen LogP contribution in [-0.2, 0) is 14.3 Å². The number of nitrogens with one attached hydrogen (secondary N) is 2. The van der Waals surface area contributed by atoms with Gasteiger partial charge in [0.25, 0.3) is 0 Å². The largest absolute Gasteiger partial charge is 0.466 e. The van der Waals surface area contributed by atoms with E-state index in [0.717, 1.165) is 12.8 Å². The van der Waals surface area contributed by atoms with Crippen LogP contribution in [0.5, 0.6) is 0 Å². The zero-order valence-electron chi connectivity index (χ0n) is 20.5. The van der Waals surface area contributed by atoms with Crippen LogP contribution >= 0.6 is 0 Å². The lowest BCUT2D eigenvalue weighted by Crippen LogP contribution is -2.38. The van der Waals surface area contributed by atoms with Gasteiger partial charge in [0.1, 0.15) is 5.60 Å². The third kappa shape index (κ3) is 23.2. The summed E-state index contributed by atoms with van der Waals surface area (Å²) >= 11 is 0. The molecular weight excluding hydrogens is 396 g/mol. The van der Waals surface area contributed by atoms with Gasteiger partial charge in [0.05, 0.1) is 12.7 Å². The maximum Gasteiger partial charge on any atom is 0.407 e. The SMILES string of the molecule is CCCCCCCCCCCOC(=O)CCCC(O)CNCCNC(=O)OC(C)(C)C. The molecule has 0 aromatic carbocycles. The molecule has 184 valence electrons. The molecule has 0 rings (SSSR count). The van der Waals surface area contributed by atoms with Crippen molar-refractivity contribution in [3.63, 3.8) is 0 Å². The quantitative estimate of drug-likeness (QED) is 0.197. The van der Waals surface area contributed by atoms with E-state index in [2.05, 4.69) is 17.6 Å². The first-order valence-electron chi connectivity index (χ1n) is 12.3. The molecule has 0 spiro atoms. The highest BCUT2D eigenvalue weighted by atomic mass is 16.6. The van der Waals surface area contributed by atoms with Gasteiger partial charge in [0, 0.05) is 26.1 Å². The van der Waals surface area contributed by atoms with E-state index in [0.29, 0.717) is 45.5 Å². The van der Waals surface area contributed by atoms with Gasteiger partial charge in [0.15, 0.2) is 0 Å². The molecule has 1 atom stereocenters. The van der Waals surface area contributed by atoms with Gasteiger partial charge in [-0.05, 0) is 40.0 Å². The van der Waals surface area contributed by atoms with E-state index in [1.165, 1.54) is 44.9 Å². The fourth-order valence-corrected chi connectivity index (χ4v) is 3.09. The van der Waals surface area contributed by atoms with Gasteiger partial charge >= 0.3 is 12.1 Å². The maximum absolute atomic E-state index is 11.8. The summed E-state index contributed by atoms with van der Waals surface area (Å²) in [5.74, 6) is -0.179. The third-order valence-electron chi connectivity index (χ3n) is 4.78. The highest BCUT2D eigenvalue weighted by Gasteiger charge is 2.15.